The van der Waals surface area contributed by atoms with Crippen molar-refractivity contribution in [2.45, 2.75) is 76.3 Å². The van der Waals surface area contributed by atoms with Gasteiger partial charge in [-0.1, -0.05) is 0 Å². The second kappa shape index (κ2) is 7.28. The van der Waals surface area contributed by atoms with Gasteiger partial charge in [-0.15, -0.1) is 0 Å². The van der Waals surface area contributed by atoms with Crippen LogP contribution in [0.2, 0.25) is 0 Å². The Morgan fingerprint density at radius 1 is 1.12 bits per heavy atom. The molecule has 1 aliphatic carbocycles. The van der Waals surface area contributed by atoms with E-state index in [1.165, 1.54) is 0 Å². The Balaban J connectivity index is 1.38. The number of sulfonamides is 1. The standard InChI is InChI=1S/C18H33N3O4S/c1-13(14-11-20(12-14)17(22)25-18(2,3)4)19-15-7-9-21(10-8-15)26(23,24)16-5-6-16/h13-16,19H,5-12H2,1-4H3. The Bertz CT molecular complexity index is 613. The number of likely N-dealkylation sites (tertiary alicyclic amines) is 1. The summed E-state index contributed by atoms with van der Waals surface area (Å²) in [6, 6.07) is 0.663. The second-order valence-corrected chi connectivity index (χ2v) is 11.2. The first kappa shape index (κ1) is 19.9. The van der Waals surface area contributed by atoms with E-state index in [1.54, 1.807) is 9.21 Å². The first-order valence-electron chi connectivity index (χ1n) is 9.79. The zero-order valence-corrected chi connectivity index (χ0v) is 17.2. The lowest BCUT2D eigenvalue weighted by Gasteiger charge is -2.44. The van der Waals surface area contributed by atoms with Crippen molar-refractivity contribution in [3.05, 3.63) is 0 Å². The number of carbonyl (C=O) groups excluding carboxylic acids is 1. The van der Waals surface area contributed by atoms with Crippen LogP contribution in [-0.2, 0) is 14.8 Å². The molecule has 0 radical (unpaired) electrons. The fraction of sp³-hybridized carbons (Fsp3) is 0.944. The van der Waals surface area contributed by atoms with Gasteiger partial charge < -0.3 is 15.0 Å². The average molecular weight is 388 g/mol. The highest BCUT2D eigenvalue weighted by Crippen LogP contribution is 2.32. The molecule has 2 heterocycles. The zero-order valence-electron chi connectivity index (χ0n) is 16.4. The van der Waals surface area contributed by atoms with E-state index >= 15 is 0 Å². The molecule has 0 aromatic rings. The fourth-order valence-corrected chi connectivity index (χ4v) is 5.54. The van der Waals surface area contributed by atoms with E-state index in [0.717, 1.165) is 38.8 Å². The van der Waals surface area contributed by atoms with Crippen molar-refractivity contribution >= 4 is 16.1 Å². The normalized spacial score (nSPS) is 25.0. The van der Waals surface area contributed by atoms with Crippen LogP contribution >= 0.6 is 0 Å². The summed E-state index contributed by atoms with van der Waals surface area (Å²) in [7, 11) is -3.03. The van der Waals surface area contributed by atoms with Crippen LogP contribution in [-0.4, -0.2) is 72.8 Å². The average Bonchev–Trinajstić information content (AvgIpc) is 3.29. The Hall–Kier alpha value is -0.860. The minimum atomic E-state index is -3.03. The molecule has 26 heavy (non-hydrogen) atoms. The van der Waals surface area contributed by atoms with E-state index < -0.39 is 15.6 Å². The van der Waals surface area contributed by atoms with Gasteiger partial charge in [0.25, 0.3) is 0 Å². The SMILES string of the molecule is CC(NC1CCN(S(=O)(=O)C2CC2)CC1)C1CN(C(=O)OC(C)(C)C)C1. The minimum Gasteiger partial charge on any atom is -0.444 e. The molecule has 7 nitrogen and oxygen atoms in total. The summed E-state index contributed by atoms with van der Waals surface area (Å²) in [5.41, 5.74) is -0.458. The molecule has 3 rings (SSSR count). The third-order valence-electron chi connectivity index (χ3n) is 5.53. The molecule has 1 atom stereocenters. The Labute approximate surface area is 157 Å². The molecule has 0 bridgehead atoms. The Morgan fingerprint density at radius 3 is 2.19 bits per heavy atom. The minimum absolute atomic E-state index is 0.111. The fourth-order valence-electron chi connectivity index (χ4n) is 3.67. The van der Waals surface area contributed by atoms with E-state index in [9.17, 15) is 13.2 Å². The zero-order chi connectivity index (χ0) is 19.1. The summed E-state index contributed by atoms with van der Waals surface area (Å²) in [5, 5.41) is 3.53. The topological polar surface area (TPSA) is 79.0 Å². The summed E-state index contributed by atoms with van der Waals surface area (Å²) in [5.74, 6) is 0.427. The van der Waals surface area contributed by atoms with Gasteiger partial charge in [0.2, 0.25) is 10.0 Å². The van der Waals surface area contributed by atoms with Gasteiger partial charge in [-0.05, 0) is 53.4 Å². The third kappa shape index (κ3) is 4.70. The van der Waals surface area contributed by atoms with Gasteiger partial charge in [-0.2, -0.15) is 0 Å². The van der Waals surface area contributed by atoms with Gasteiger partial charge in [0.15, 0.2) is 0 Å². The highest BCUT2D eigenvalue weighted by molar-refractivity contribution is 7.90. The number of rotatable bonds is 5. The number of hydrogen-bond acceptors (Lipinski definition) is 5. The summed E-state index contributed by atoms with van der Waals surface area (Å²) in [6.07, 6.45) is 3.14. The van der Waals surface area contributed by atoms with Crippen molar-refractivity contribution in [3.63, 3.8) is 0 Å². The molecule has 8 heteroatoms. The number of piperidine rings is 1. The molecule has 0 aromatic carbocycles. The predicted molar refractivity (Wildman–Crippen MR) is 100 cm³/mol. The van der Waals surface area contributed by atoms with Crippen molar-refractivity contribution in [2.24, 2.45) is 5.92 Å². The van der Waals surface area contributed by atoms with Crippen LogP contribution in [0.4, 0.5) is 4.79 Å². The summed E-state index contributed by atoms with van der Waals surface area (Å²) < 4.78 is 31.7. The van der Waals surface area contributed by atoms with Crippen LogP contribution in [0.1, 0.15) is 53.4 Å². The maximum atomic E-state index is 12.3. The molecule has 0 aromatic heterocycles. The predicted octanol–water partition coefficient (Wildman–Crippen LogP) is 1.79. The lowest BCUT2D eigenvalue weighted by molar-refractivity contribution is -0.00663. The summed E-state index contributed by atoms with van der Waals surface area (Å²) >= 11 is 0. The van der Waals surface area contributed by atoms with Gasteiger partial charge in [-0.3, -0.25) is 0 Å². The van der Waals surface area contributed by atoms with Crippen LogP contribution in [0.25, 0.3) is 0 Å². The largest absolute Gasteiger partial charge is 0.444 e. The molecule has 0 spiro atoms. The van der Waals surface area contributed by atoms with E-state index in [-0.39, 0.29) is 11.3 Å². The van der Waals surface area contributed by atoms with Crippen LogP contribution in [0.5, 0.6) is 0 Å². The van der Waals surface area contributed by atoms with E-state index in [4.69, 9.17) is 4.74 Å². The van der Waals surface area contributed by atoms with Gasteiger partial charge in [0.1, 0.15) is 5.60 Å². The number of nitrogens with one attached hydrogen (secondary N) is 1. The molecule has 2 aliphatic heterocycles. The Kier molecular flexibility index (Phi) is 5.57. The van der Waals surface area contributed by atoms with Gasteiger partial charge in [0, 0.05) is 44.2 Å². The van der Waals surface area contributed by atoms with Crippen LogP contribution in [0.3, 0.4) is 0 Å². The molecular formula is C18H33N3O4S. The van der Waals surface area contributed by atoms with Crippen LogP contribution in [0.15, 0.2) is 0 Å². The highest BCUT2D eigenvalue weighted by Gasteiger charge is 2.42. The molecule has 1 unspecified atom stereocenters. The van der Waals surface area contributed by atoms with Crippen molar-refractivity contribution in [1.29, 1.82) is 0 Å². The number of carbonyl (C=O) groups is 1. The maximum Gasteiger partial charge on any atom is 0.410 e. The first-order chi connectivity index (χ1) is 12.1. The van der Waals surface area contributed by atoms with Crippen LogP contribution in [0, 0.1) is 5.92 Å². The Morgan fingerprint density at radius 2 is 1.69 bits per heavy atom. The van der Waals surface area contributed by atoms with Crippen LogP contribution < -0.4 is 5.32 Å². The molecule has 3 aliphatic rings. The molecule has 1 amide bonds. The lowest BCUT2D eigenvalue weighted by atomic mass is 9.91. The summed E-state index contributed by atoms with van der Waals surface area (Å²) in [6.45, 7) is 10.5. The first-order valence-corrected chi connectivity index (χ1v) is 11.3. The van der Waals surface area contributed by atoms with Crippen molar-refractivity contribution in [1.82, 2.24) is 14.5 Å². The molecular weight excluding hydrogens is 354 g/mol. The van der Waals surface area contributed by atoms with Gasteiger partial charge in [0.05, 0.1) is 5.25 Å². The molecule has 1 N–H and O–H groups in total. The number of nitrogens with zero attached hydrogens (tertiary/aromatic N) is 2. The lowest BCUT2D eigenvalue weighted by Crippen LogP contribution is -2.59. The molecule has 3 fully saturated rings. The van der Waals surface area contributed by atoms with E-state index in [0.29, 0.717) is 31.1 Å². The molecule has 150 valence electrons. The van der Waals surface area contributed by atoms with Crippen molar-refractivity contribution in [3.8, 4) is 0 Å². The van der Waals surface area contributed by atoms with Crippen molar-refractivity contribution < 1.29 is 17.9 Å². The van der Waals surface area contributed by atoms with E-state index in [2.05, 4.69) is 12.2 Å². The van der Waals surface area contributed by atoms with Gasteiger partial charge in [-0.25, -0.2) is 17.5 Å². The smallest absolute Gasteiger partial charge is 0.410 e. The number of hydrogen-bond donors (Lipinski definition) is 1. The molecule has 2 saturated heterocycles. The van der Waals surface area contributed by atoms with E-state index in [1.807, 2.05) is 20.8 Å². The van der Waals surface area contributed by atoms with Gasteiger partial charge >= 0.3 is 6.09 Å². The number of ether oxygens (including phenoxy) is 1. The van der Waals surface area contributed by atoms with Crippen molar-refractivity contribution in [2.75, 3.05) is 26.2 Å². The summed E-state index contributed by atoms with van der Waals surface area (Å²) in [4.78, 5) is 13.8. The second-order valence-electron chi connectivity index (χ2n) is 9.02. The third-order valence-corrected chi connectivity index (χ3v) is 7.93. The quantitative estimate of drug-likeness (QED) is 0.778. The highest BCUT2D eigenvalue weighted by atomic mass is 32.2. The number of amides is 1. The monoisotopic (exact) mass is 387 g/mol. The molecule has 1 saturated carbocycles. The maximum absolute atomic E-state index is 12.3.